The summed E-state index contributed by atoms with van der Waals surface area (Å²) in [4.78, 5) is 0. The molecule has 1 atom stereocenters. The third kappa shape index (κ3) is 13.1. The van der Waals surface area contributed by atoms with E-state index < -0.39 is 0 Å². The van der Waals surface area contributed by atoms with E-state index >= 15 is 0 Å². The molecular weight excluding hydrogens is 488 g/mol. The SMILES string of the molecule is CC.CCc1ccc(NC(N)SCc2ccc(OC)cc2)cc1.COc1ccc(CSC(N)N)cc1. The first-order valence-corrected chi connectivity index (χ1v) is 14.1. The number of methoxy groups -OCH3 is 2. The third-order valence-corrected chi connectivity index (χ3v) is 6.72. The molecule has 3 aromatic rings. The Bertz CT molecular complexity index is 937. The van der Waals surface area contributed by atoms with Crippen molar-refractivity contribution in [2.24, 2.45) is 17.2 Å². The summed E-state index contributed by atoms with van der Waals surface area (Å²) in [7, 11) is 3.33. The van der Waals surface area contributed by atoms with Gasteiger partial charge in [-0.1, -0.05) is 57.2 Å². The molecule has 0 saturated heterocycles. The maximum absolute atomic E-state index is 6.11. The summed E-state index contributed by atoms with van der Waals surface area (Å²) in [5, 5.41) is 3.30. The molecule has 6 nitrogen and oxygen atoms in total. The monoisotopic (exact) mass is 530 g/mol. The molecule has 3 aromatic carbocycles. The van der Waals surface area contributed by atoms with Gasteiger partial charge in [-0.25, -0.2) is 0 Å². The molecule has 0 fully saturated rings. The molecule has 0 aliphatic heterocycles. The minimum Gasteiger partial charge on any atom is -0.497 e. The Balaban J connectivity index is 0.000000371. The van der Waals surface area contributed by atoms with Crippen molar-refractivity contribution in [3.8, 4) is 11.5 Å². The zero-order valence-electron chi connectivity index (χ0n) is 22.1. The van der Waals surface area contributed by atoms with Crippen LogP contribution in [0.1, 0.15) is 37.5 Å². The van der Waals surface area contributed by atoms with E-state index in [4.69, 9.17) is 26.7 Å². The molecular formula is C28H42N4O2S2. The molecule has 198 valence electrons. The average Bonchev–Trinajstić information content (AvgIpc) is 2.93. The zero-order chi connectivity index (χ0) is 26.8. The smallest absolute Gasteiger partial charge is 0.123 e. The van der Waals surface area contributed by atoms with Crippen molar-refractivity contribution in [3.63, 3.8) is 0 Å². The molecule has 0 radical (unpaired) electrons. The van der Waals surface area contributed by atoms with E-state index in [-0.39, 0.29) is 11.0 Å². The average molecular weight is 531 g/mol. The van der Waals surface area contributed by atoms with Gasteiger partial charge in [0, 0.05) is 17.2 Å². The van der Waals surface area contributed by atoms with Crippen molar-refractivity contribution in [2.75, 3.05) is 19.5 Å². The van der Waals surface area contributed by atoms with Crippen LogP contribution in [-0.2, 0) is 17.9 Å². The van der Waals surface area contributed by atoms with Crippen LogP contribution in [-0.4, -0.2) is 25.2 Å². The van der Waals surface area contributed by atoms with Crippen LogP contribution in [0.25, 0.3) is 0 Å². The largest absolute Gasteiger partial charge is 0.497 e. The Hall–Kier alpha value is -2.36. The molecule has 0 amide bonds. The standard InChI is InChI=1S/C17H22N2OS.C9H14N2OS.C2H6/c1-3-13-4-8-15(9-5-13)19-17(18)21-12-14-6-10-16(20-2)11-7-14;1-12-8-4-2-7(3-5-8)6-13-9(10)11;1-2/h4-11,17,19H,3,12,18H2,1-2H3;2-5,9H,6,10-11H2,1H3;1-2H3. The van der Waals surface area contributed by atoms with E-state index in [0.29, 0.717) is 0 Å². The highest BCUT2D eigenvalue weighted by Gasteiger charge is 2.04. The van der Waals surface area contributed by atoms with E-state index in [9.17, 15) is 0 Å². The van der Waals surface area contributed by atoms with Crippen molar-refractivity contribution in [1.82, 2.24) is 0 Å². The molecule has 0 spiro atoms. The minimum absolute atomic E-state index is 0.125. The topological polar surface area (TPSA) is 109 Å². The number of anilines is 1. The molecule has 0 aliphatic carbocycles. The first kappa shape index (κ1) is 31.7. The maximum atomic E-state index is 6.11. The van der Waals surface area contributed by atoms with Gasteiger partial charge in [0.05, 0.1) is 14.2 Å². The van der Waals surface area contributed by atoms with E-state index in [0.717, 1.165) is 35.1 Å². The summed E-state index contributed by atoms with van der Waals surface area (Å²) in [5.41, 5.74) is 21.3. The van der Waals surface area contributed by atoms with Crippen molar-refractivity contribution >= 4 is 29.2 Å². The third-order valence-electron chi connectivity index (χ3n) is 4.86. The second-order valence-electron chi connectivity index (χ2n) is 7.40. The lowest BCUT2D eigenvalue weighted by Gasteiger charge is -2.15. The molecule has 1 unspecified atom stereocenters. The number of benzene rings is 3. The highest BCUT2D eigenvalue weighted by atomic mass is 32.2. The molecule has 36 heavy (non-hydrogen) atoms. The summed E-state index contributed by atoms with van der Waals surface area (Å²) >= 11 is 3.19. The molecule has 0 saturated carbocycles. The van der Waals surface area contributed by atoms with Gasteiger partial charge in [-0.15, -0.1) is 23.5 Å². The lowest BCUT2D eigenvalue weighted by molar-refractivity contribution is 0.414. The fraction of sp³-hybridized carbons (Fsp3) is 0.357. The summed E-state index contributed by atoms with van der Waals surface area (Å²) < 4.78 is 10.2. The quantitative estimate of drug-likeness (QED) is 0.224. The lowest BCUT2D eigenvalue weighted by Crippen LogP contribution is -2.26. The van der Waals surface area contributed by atoms with Gasteiger partial charge in [0.15, 0.2) is 0 Å². The van der Waals surface area contributed by atoms with Crippen molar-refractivity contribution in [3.05, 3.63) is 89.5 Å². The number of rotatable bonds is 11. The fourth-order valence-electron chi connectivity index (χ4n) is 2.86. The van der Waals surface area contributed by atoms with Crippen LogP contribution in [0.4, 0.5) is 5.69 Å². The summed E-state index contributed by atoms with van der Waals surface area (Å²) in [6.07, 6.45) is 1.05. The number of hydrogen-bond donors (Lipinski definition) is 4. The van der Waals surface area contributed by atoms with Gasteiger partial charge >= 0.3 is 0 Å². The van der Waals surface area contributed by atoms with E-state index in [1.807, 2.05) is 50.2 Å². The van der Waals surface area contributed by atoms with E-state index in [1.165, 1.54) is 28.5 Å². The Kier molecular flexibility index (Phi) is 16.6. The molecule has 0 aromatic heterocycles. The van der Waals surface area contributed by atoms with Crippen LogP contribution in [0.5, 0.6) is 11.5 Å². The van der Waals surface area contributed by atoms with Crippen LogP contribution in [0, 0.1) is 0 Å². The Labute approximate surface area is 225 Å². The first-order chi connectivity index (χ1) is 17.4. The predicted molar refractivity (Wildman–Crippen MR) is 160 cm³/mol. The van der Waals surface area contributed by atoms with Gasteiger partial charge in [-0.05, 0) is 59.5 Å². The van der Waals surface area contributed by atoms with Crippen LogP contribution in [0.2, 0.25) is 0 Å². The first-order valence-electron chi connectivity index (χ1n) is 12.0. The summed E-state index contributed by atoms with van der Waals surface area (Å²) in [5.74, 6) is 3.44. The van der Waals surface area contributed by atoms with Gasteiger partial charge < -0.3 is 32.0 Å². The second-order valence-corrected chi connectivity index (χ2v) is 9.69. The second kappa shape index (κ2) is 18.8. The van der Waals surface area contributed by atoms with Gasteiger partial charge in [0.1, 0.15) is 22.5 Å². The van der Waals surface area contributed by atoms with Crippen LogP contribution >= 0.6 is 23.5 Å². The Morgan fingerprint density at radius 2 is 1.08 bits per heavy atom. The van der Waals surface area contributed by atoms with E-state index in [2.05, 4.69) is 48.6 Å². The molecule has 0 heterocycles. The molecule has 7 N–H and O–H groups in total. The van der Waals surface area contributed by atoms with Crippen molar-refractivity contribution < 1.29 is 9.47 Å². The van der Waals surface area contributed by atoms with Crippen LogP contribution < -0.4 is 32.0 Å². The number of nitrogens with one attached hydrogen (secondary N) is 1. The van der Waals surface area contributed by atoms with Gasteiger partial charge in [0.25, 0.3) is 0 Å². The minimum atomic E-state index is -0.304. The van der Waals surface area contributed by atoms with Gasteiger partial charge in [-0.2, -0.15) is 0 Å². The van der Waals surface area contributed by atoms with Crippen molar-refractivity contribution in [1.29, 1.82) is 0 Å². The molecule has 0 aliphatic rings. The number of thioether (sulfide) groups is 2. The predicted octanol–water partition coefficient (Wildman–Crippen LogP) is 6.00. The highest BCUT2D eigenvalue weighted by molar-refractivity contribution is 7.99. The number of ether oxygens (including phenoxy) is 2. The number of aryl methyl sites for hydroxylation is 1. The summed E-state index contributed by atoms with van der Waals surface area (Å²) in [6.45, 7) is 6.15. The van der Waals surface area contributed by atoms with Crippen molar-refractivity contribution in [2.45, 2.75) is 49.7 Å². The molecule has 0 bridgehead atoms. The summed E-state index contributed by atoms with van der Waals surface area (Å²) in [6, 6.07) is 24.4. The Morgan fingerprint density at radius 3 is 1.47 bits per heavy atom. The fourth-order valence-corrected chi connectivity index (χ4v) is 4.23. The normalized spacial score (nSPS) is 10.9. The van der Waals surface area contributed by atoms with E-state index in [1.54, 1.807) is 26.0 Å². The van der Waals surface area contributed by atoms with Crippen LogP contribution in [0.15, 0.2) is 72.8 Å². The Morgan fingerprint density at radius 1 is 0.667 bits per heavy atom. The van der Waals surface area contributed by atoms with Gasteiger partial charge in [-0.3, -0.25) is 0 Å². The lowest BCUT2D eigenvalue weighted by atomic mass is 10.1. The number of nitrogens with two attached hydrogens (primary N) is 3. The van der Waals surface area contributed by atoms with Gasteiger partial charge in [0.2, 0.25) is 0 Å². The maximum Gasteiger partial charge on any atom is 0.123 e. The number of hydrogen-bond acceptors (Lipinski definition) is 8. The highest BCUT2D eigenvalue weighted by Crippen LogP contribution is 2.20. The molecule has 8 heteroatoms. The molecule has 3 rings (SSSR count). The zero-order valence-corrected chi connectivity index (χ0v) is 23.7. The van der Waals surface area contributed by atoms with Crippen LogP contribution in [0.3, 0.4) is 0 Å².